The van der Waals surface area contributed by atoms with Crippen LogP contribution in [0.5, 0.6) is 5.75 Å². The second-order valence-corrected chi connectivity index (χ2v) is 6.35. The van der Waals surface area contributed by atoms with Gasteiger partial charge in [0.2, 0.25) is 0 Å². The molecule has 1 aliphatic heterocycles. The maximum Gasteiger partial charge on any atom is 0.282 e. The normalized spacial score (nSPS) is 18.7. The van der Waals surface area contributed by atoms with E-state index in [1.807, 2.05) is 6.92 Å². The van der Waals surface area contributed by atoms with Gasteiger partial charge in [-0.05, 0) is 37.6 Å². The van der Waals surface area contributed by atoms with E-state index in [-0.39, 0.29) is 5.69 Å². The van der Waals surface area contributed by atoms with Crippen LogP contribution in [0.1, 0.15) is 26.7 Å². The smallest absolute Gasteiger partial charge is 0.282 e. The van der Waals surface area contributed by atoms with Crippen molar-refractivity contribution in [3.05, 3.63) is 48.2 Å². The summed E-state index contributed by atoms with van der Waals surface area (Å²) in [5, 5.41) is 2.42. The van der Waals surface area contributed by atoms with Gasteiger partial charge in [0.05, 0.1) is 0 Å². The van der Waals surface area contributed by atoms with Crippen molar-refractivity contribution in [1.29, 1.82) is 0 Å². The maximum absolute atomic E-state index is 13.4. The quantitative estimate of drug-likeness (QED) is 0.814. The summed E-state index contributed by atoms with van der Waals surface area (Å²) in [7, 11) is 0. The summed E-state index contributed by atoms with van der Waals surface area (Å²) < 4.78 is 32.2. The van der Waals surface area contributed by atoms with Gasteiger partial charge in [0.15, 0.2) is 23.2 Å². The molecule has 0 saturated heterocycles. The number of unbranched alkanes of at least 4 members (excludes halogenated alkanes) is 1. The Kier molecular flexibility index (Phi) is 5.07. The molecule has 27 heavy (non-hydrogen) atoms. The first-order valence-electron chi connectivity index (χ1n) is 8.59. The van der Waals surface area contributed by atoms with E-state index in [0.29, 0.717) is 18.1 Å². The van der Waals surface area contributed by atoms with Crippen LogP contribution < -0.4 is 15.0 Å². The van der Waals surface area contributed by atoms with Crippen molar-refractivity contribution in [3.8, 4) is 5.75 Å². The molecule has 8 heteroatoms. The first-order chi connectivity index (χ1) is 12.9. The topological polar surface area (TPSA) is 71.5 Å². The van der Waals surface area contributed by atoms with Crippen LogP contribution >= 0.6 is 0 Å². The molecule has 1 aromatic carbocycles. The van der Waals surface area contributed by atoms with E-state index in [4.69, 9.17) is 4.74 Å². The molecule has 2 heterocycles. The summed E-state index contributed by atoms with van der Waals surface area (Å²) in [4.78, 5) is 31.5. The minimum absolute atomic E-state index is 0.0219. The van der Waals surface area contributed by atoms with Crippen molar-refractivity contribution in [2.24, 2.45) is 0 Å². The summed E-state index contributed by atoms with van der Waals surface area (Å²) in [6, 6.07) is 6.20. The van der Waals surface area contributed by atoms with Crippen molar-refractivity contribution in [3.63, 3.8) is 0 Å². The minimum atomic E-state index is -1.87. The van der Waals surface area contributed by atoms with E-state index in [1.54, 1.807) is 18.3 Å². The first-order valence-corrected chi connectivity index (χ1v) is 8.59. The number of hydrogen-bond acceptors (Lipinski definition) is 4. The van der Waals surface area contributed by atoms with Crippen molar-refractivity contribution in [1.82, 2.24) is 4.98 Å². The number of carbonyl (C=O) groups is 2. The van der Waals surface area contributed by atoms with Crippen LogP contribution in [0.3, 0.4) is 0 Å². The predicted molar refractivity (Wildman–Crippen MR) is 95.5 cm³/mol. The van der Waals surface area contributed by atoms with Gasteiger partial charge in [0, 0.05) is 24.5 Å². The number of amides is 2. The Morgan fingerprint density at radius 1 is 1.30 bits per heavy atom. The lowest BCUT2D eigenvalue weighted by atomic mass is 10.0. The number of nitrogens with one attached hydrogen (secondary N) is 1. The Morgan fingerprint density at radius 3 is 2.78 bits per heavy atom. The van der Waals surface area contributed by atoms with Gasteiger partial charge < -0.3 is 10.1 Å². The molecule has 0 radical (unpaired) electrons. The van der Waals surface area contributed by atoms with E-state index in [1.165, 1.54) is 17.9 Å². The summed E-state index contributed by atoms with van der Waals surface area (Å²) in [6.45, 7) is 3.72. The van der Waals surface area contributed by atoms with E-state index in [0.717, 1.165) is 25.0 Å². The molecule has 0 bridgehead atoms. The molecule has 2 amide bonds. The van der Waals surface area contributed by atoms with Gasteiger partial charge in [-0.25, -0.2) is 13.8 Å². The number of pyridine rings is 1. The van der Waals surface area contributed by atoms with Gasteiger partial charge >= 0.3 is 0 Å². The Balaban J connectivity index is 1.92. The average Bonchev–Trinajstić information content (AvgIpc) is 2.65. The standard InChI is InChI=1S/C19H19F2N3O3/c1-3-4-10-24-16-15(6-5-9-22-16)27-19(2,18(24)26)17(25)23-12-7-8-13(20)14(21)11-12/h5-9,11H,3-4,10H2,1-2H3,(H,23,25)/t19-/m0/s1. The van der Waals surface area contributed by atoms with E-state index < -0.39 is 29.0 Å². The molecule has 0 aliphatic carbocycles. The van der Waals surface area contributed by atoms with Gasteiger partial charge in [0.25, 0.3) is 17.4 Å². The average molecular weight is 375 g/mol. The Hall–Kier alpha value is -3.03. The Bertz CT molecular complexity index is 890. The third kappa shape index (κ3) is 3.47. The molecule has 1 aliphatic rings. The SMILES string of the molecule is CCCCN1C(=O)[C@](C)(C(=O)Nc2ccc(F)c(F)c2)Oc2cccnc21. The Labute approximate surface area is 155 Å². The fourth-order valence-electron chi connectivity index (χ4n) is 2.77. The second-order valence-electron chi connectivity index (χ2n) is 6.35. The molecule has 6 nitrogen and oxygen atoms in total. The third-order valence-corrected chi connectivity index (χ3v) is 4.32. The molecular formula is C19H19F2N3O3. The van der Waals surface area contributed by atoms with Crippen LogP contribution in [0.25, 0.3) is 0 Å². The Morgan fingerprint density at radius 2 is 2.07 bits per heavy atom. The highest BCUT2D eigenvalue weighted by Crippen LogP contribution is 2.36. The molecule has 2 aromatic rings. The lowest BCUT2D eigenvalue weighted by molar-refractivity contribution is -0.145. The van der Waals surface area contributed by atoms with E-state index in [9.17, 15) is 18.4 Å². The van der Waals surface area contributed by atoms with Crippen LogP contribution in [0, 0.1) is 11.6 Å². The number of fused-ring (bicyclic) bond motifs is 1. The third-order valence-electron chi connectivity index (χ3n) is 4.32. The maximum atomic E-state index is 13.4. The fourth-order valence-corrected chi connectivity index (χ4v) is 2.77. The molecule has 1 atom stereocenters. The largest absolute Gasteiger partial charge is 0.464 e. The highest BCUT2D eigenvalue weighted by molar-refractivity contribution is 6.19. The van der Waals surface area contributed by atoms with E-state index >= 15 is 0 Å². The predicted octanol–water partition coefficient (Wildman–Crippen LogP) is 3.28. The van der Waals surface area contributed by atoms with Crippen LogP contribution in [0.4, 0.5) is 20.3 Å². The van der Waals surface area contributed by atoms with Gasteiger partial charge in [-0.15, -0.1) is 0 Å². The molecule has 1 aromatic heterocycles. The number of hydrogen-bond donors (Lipinski definition) is 1. The number of ether oxygens (including phenoxy) is 1. The zero-order valence-corrected chi connectivity index (χ0v) is 15.0. The van der Waals surface area contributed by atoms with Crippen LogP contribution in [-0.2, 0) is 9.59 Å². The summed E-state index contributed by atoms with van der Waals surface area (Å²) in [5.41, 5.74) is -1.84. The number of benzene rings is 1. The number of nitrogens with zero attached hydrogens (tertiary/aromatic N) is 2. The molecule has 0 fully saturated rings. The lowest BCUT2D eigenvalue weighted by Crippen LogP contribution is -2.61. The van der Waals surface area contributed by atoms with Crippen LogP contribution in [0.15, 0.2) is 36.5 Å². The summed E-state index contributed by atoms with van der Waals surface area (Å²) in [6.07, 6.45) is 3.12. The second kappa shape index (κ2) is 7.30. The molecular weight excluding hydrogens is 356 g/mol. The molecule has 142 valence electrons. The summed E-state index contributed by atoms with van der Waals surface area (Å²) >= 11 is 0. The molecule has 1 N–H and O–H groups in total. The highest BCUT2D eigenvalue weighted by Gasteiger charge is 2.51. The molecule has 0 unspecified atom stereocenters. The molecule has 3 rings (SSSR count). The number of rotatable bonds is 5. The monoisotopic (exact) mass is 375 g/mol. The van der Waals surface area contributed by atoms with Crippen LogP contribution in [-0.4, -0.2) is 28.9 Å². The zero-order valence-electron chi connectivity index (χ0n) is 15.0. The van der Waals surface area contributed by atoms with Gasteiger partial charge in [-0.1, -0.05) is 13.3 Å². The van der Waals surface area contributed by atoms with Gasteiger partial charge in [0.1, 0.15) is 0 Å². The fraction of sp³-hybridized carbons (Fsp3) is 0.316. The lowest BCUT2D eigenvalue weighted by Gasteiger charge is -2.38. The van der Waals surface area contributed by atoms with Crippen molar-refractivity contribution in [2.45, 2.75) is 32.3 Å². The number of carbonyl (C=O) groups excluding carboxylic acids is 2. The molecule has 0 saturated carbocycles. The van der Waals surface area contributed by atoms with Gasteiger partial charge in [-0.3, -0.25) is 14.5 Å². The minimum Gasteiger partial charge on any atom is -0.464 e. The highest BCUT2D eigenvalue weighted by atomic mass is 19.2. The van der Waals surface area contributed by atoms with Gasteiger partial charge in [-0.2, -0.15) is 0 Å². The number of aromatic nitrogens is 1. The molecule has 0 spiro atoms. The van der Waals surface area contributed by atoms with Crippen molar-refractivity contribution in [2.75, 3.05) is 16.8 Å². The van der Waals surface area contributed by atoms with E-state index in [2.05, 4.69) is 10.3 Å². The number of anilines is 2. The summed E-state index contributed by atoms with van der Waals surface area (Å²) in [5.74, 6) is -2.83. The van der Waals surface area contributed by atoms with Crippen molar-refractivity contribution >= 4 is 23.3 Å². The van der Waals surface area contributed by atoms with Crippen molar-refractivity contribution < 1.29 is 23.1 Å². The van der Waals surface area contributed by atoms with Crippen LogP contribution in [0.2, 0.25) is 0 Å². The number of halogens is 2. The zero-order chi connectivity index (χ0) is 19.6. The first kappa shape index (κ1) is 18.8.